The van der Waals surface area contributed by atoms with Crippen molar-refractivity contribution in [3.8, 4) is 0 Å². The number of aromatic nitrogens is 2. The lowest BCUT2D eigenvalue weighted by Gasteiger charge is -2.09. The lowest BCUT2D eigenvalue weighted by Crippen LogP contribution is -2.04. The van der Waals surface area contributed by atoms with Gasteiger partial charge in [0.25, 0.3) is 0 Å². The minimum atomic E-state index is 0.0747. The van der Waals surface area contributed by atoms with Crippen molar-refractivity contribution in [2.75, 3.05) is 0 Å². The molecule has 0 aliphatic carbocycles. The summed E-state index contributed by atoms with van der Waals surface area (Å²) < 4.78 is 3.18. The summed E-state index contributed by atoms with van der Waals surface area (Å²) in [5, 5.41) is 4.52. The van der Waals surface area contributed by atoms with Crippen LogP contribution >= 0.6 is 27.7 Å². The molecule has 2 aromatic rings. The summed E-state index contributed by atoms with van der Waals surface area (Å²) in [7, 11) is 0. The number of hydrogen-bond acceptors (Lipinski definition) is 3. The summed E-state index contributed by atoms with van der Waals surface area (Å²) in [6.45, 7) is 7.04. The zero-order valence-electron chi connectivity index (χ0n) is 12.1. The van der Waals surface area contributed by atoms with E-state index in [0.29, 0.717) is 0 Å². The van der Waals surface area contributed by atoms with Crippen LogP contribution < -0.4 is 5.73 Å². The van der Waals surface area contributed by atoms with Crippen molar-refractivity contribution in [1.82, 2.24) is 9.78 Å². The largest absolute Gasteiger partial charge is 0.324 e. The molecule has 0 aliphatic rings. The van der Waals surface area contributed by atoms with Crippen LogP contribution in [0.4, 0.5) is 0 Å². The standard InChI is InChI=1S/C15H20BrN3S/c1-4-19-14(15(16)11(3)18-19)9-20-13-7-5-6-12(8-13)10(2)17/h5-8,10H,4,9,17H2,1-3H3. The molecule has 1 aromatic heterocycles. The Balaban J connectivity index is 2.15. The van der Waals surface area contributed by atoms with Gasteiger partial charge in [-0.3, -0.25) is 4.68 Å². The number of nitrogens with zero attached hydrogens (tertiary/aromatic N) is 2. The summed E-state index contributed by atoms with van der Waals surface area (Å²) in [5.41, 5.74) is 9.39. The first-order valence-corrected chi connectivity index (χ1v) is 8.51. The lowest BCUT2D eigenvalue weighted by atomic mass is 10.1. The summed E-state index contributed by atoms with van der Waals surface area (Å²) in [4.78, 5) is 1.24. The summed E-state index contributed by atoms with van der Waals surface area (Å²) in [5.74, 6) is 0.900. The highest BCUT2D eigenvalue weighted by molar-refractivity contribution is 9.10. The third kappa shape index (κ3) is 3.45. The minimum absolute atomic E-state index is 0.0747. The molecule has 0 fully saturated rings. The predicted octanol–water partition coefficient (Wildman–Crippen LogP) is 4.29. The van der Waals surface area contributed by atoms with E-state index in [9.17, 15) is 0 Å². The predicted molar refractivity (Wildman–Crippen MR) is 88.9 cm³/mol. The Morgan fingerprint density at radius 3 is 2.85 bits per heavy atom. The van der Waals surface area contributed by atoms with Crippen LogP contribution in [0.15, 0.2) is 33.6 Å². The maximum absolute atomic E-state index is 5.93. The van der Waals surface area contributed by atoms with Crippen LogP contribution in [0.1, 0.15) is 36.8 Å². The fourth-order valence-corrected chi connectivity index (χ4v) is 3.65. The van der Waals surface area contributed by atoms with Crippen LogP contribution in [-0.2, 0) is 12.3 Å². The first-order chi connectivity index (χ1) is 9.52. The van der Waals surface area contributed by atoms with Crippen molar-refractivity contribution in [3.63, 3.8) is 0 Å². The van der Waals surface area contributed by atoms with Gasteiger partial charge in [0, 0.05) is 23.2 Å². The van der Waals surface area contributed by atoms with E-state index in [2.05, 4.69) is 56.9 Å². The molecule has 0 saturated carbocycles. The topological polar surface area (TPSA) is 43.8 Å². The second kappa shape index (κ2) is 6.78. The molecule has 1 heterocycles. The van der Waals surface area contributed by atoms with Crippen LogP contribution in [0.5, 0.6) is 0 Å². The first kappa shape index (κ1) is 15.6. The van der Waals surface area contributed by atoms with Gasteiger partial charge in [0.05, 0.1) is 15.9 Å². The van der Waals surface area contributed by atoms with Gasteiger partial charge in [-0.1, -0.05) is 12.1 Å². The molecule has 0 aliphatic heterocycles. The maximum Gasteiger partial charge on any atom is 0.0739 e. The van der Waals surface area contributed by atoms with Crippen LogP contribution in [-0.4, -0.2) is 9.78 Å². The second-order valence-corrected chi connectivity index (χ2v) is 6.65. The Bertz CT molecular complexity index is 593. The Hall–Kier alpha value is -0.780. The number of nitrogens with two attached hydrogens (primary N) is 1. The van der Waals surface area contributed by atoms with E-state index in [1.54, 1.807) is 0 Å². The van der Waals surface area contributed by atoms with Crippen molar-refractivity contribution in [1.29, 1.82) is 0 Å². The number of benzene rings is 1. The van der Waals surface area contributed by atoms with Gasteiger partial charge < -0.3 is 5.73 Å². The van der Waals surface area contributed by atoms with Crippen LogP contribution in [0, 0.1) is 6.92 Å². The smallest absolute Gasteiger partial charge is 0.0739 e. The van der Waals surface area contributed by atoms with Gasteiger partial charge in [-0.05, 0) is 54.4 Å². The van der Waals surface area contributed by atoms with Crippen molar-refractivity contribution in [3.05, 3.63) is 45.7 Å². The molecule has 1 unspecified atom stereocenters. The molecule has 0 saturated heterocycles. The fraction of sp³-hybridized carbons (Fsp3) is 0.400. The molecular weight excluding hydrogens is 334 g/mol. The molecular formula is C15H20BrN3S. The number of thioether (sulfide) groups is 1. The monoisotopic (exact) mass is 353 g/mol. The van der Waals surface area contributed by atoms with Gasteiger partial charge in [-0.25, -0.2) is 0 Å². The second-order valence-electron chi connectivity index (χ2n) is 4.81. The highest BCUT2D eigenvalue weighted by Crippen LogP contribution is 2.29. The molecule has 3 nitrogen and oxygen atoms in total. The van der Waals surface area contributed by atoms with E-state index < -0.39 is 0 Å². The van der Waals surface area contributed by atoms with Crippen molar-refractivity contribution >= 4 is 27.7 Å². The third-order valence-electron chi connectivity index (χ3n) is 3.21. The summed E-state index contributed by atoms with van der Waals surface area (Å²) >= 11 is 5.45. The van der Waals surface area contributed by atoms with E-state index in [1.807, 2.05) is 25.6 Å². The van der Waals surface area contributed by atoms with Crippen LogP contribution in [0.3, 0.4) is 0 Å². The lowest BCUT2D eigenvalue weighted by molar-refractivity contribution is 0.631. The van der Waals surface area contributed by atoms with E-state index in [0.717, 1.165) is 22.5 Å². The molecule has 0 bridgehead atoms. The van der Waals surface area contributed by atoms with Gasteiger partial charge in [0.2, 0.25) is 0 Å². The Morgan fingerprint density at radius 1 is 1.45 bits per heavy atom. The highest BCUT2D eigenvalue weighted by Gasteiger charge is 2.12. The SMILES string of the molecule is CCn1nc(C)c(Br)c1CSc1cccc(C(C)N)c1. The van der Waals surface area contributed by atoms with Crippen molar-refractivity contribution in [2.24, 2.45) is 5.73 Å². The molecule has 5 heteroatoms. The Kier molecular flexibility index (Phi) is 5.29. The van der Waals surface area contributed by atoms with Crippen molar-refractivity contribution < 1.29 is 0 Å². The first-order valence-electron chi connectivity index (χ1n) is 6.73. The van der Waals surface area contributed by atoms with E-state index >= 15 is 0 Å². The summed E-state index contributed by atoms with van der Waals surface area (Å²) in [6.07, 6.45) is 0. The molecule has 1 aromatic carbocycles. The average molecular weight is 354 g/mol. The third-order valence-corrected chi connectivity index (χ3v) is 5.25. The van der Waals surface area contributed by atoms with Crippen LogP contribution in [0.25, 0.3) is 0 Å². The molecule has 2 rings (SSSR count). The number of hydrogen-bond donors (Lipinski definition) is 1. The molecule has 1 atom stereocenters. The van der Waals surface area contributed by atoms with Crippen LogP contribution in [0.2, 0.25) is 0 Å². The summed E-state index contributed by atoms with van der Waals surface area (Å²) in [6, 6.07) is 8.52. The average Bonchev–Trinajstić information content (AvgIpc) is 2.72. The molecule has 2 N–H and O–H groups in total. The quantitative estimate of drug-likeness (QED) is 0.815. The molecule has 20 heavy (non-hydrogen) atoms. The fourth-order valence-electron chi connectivity index (χ4n) is 2.05. The number of halogens is 1. The maximum atomic E-state index is 5.93. The van der Waals surface area contributed by atoms with Gasteiger partial charge >= 0.3 is 0 Å². The molecule has 108 valence electrons. The molecule has 0 radical (unpaired) electrons. The zero-order chi connectivity index (χ0) is 14.7. The normalized spacial score (nSPS) is 12.7. The Morgan fingerprint density at radius 2 is 2.20 bits per heavy atom. The van der Waals surface area contributed by atoms with E-state index in [4.69, 9.17) is 5.73 Å². The zero-order valence-corrected chi connectivity index (χ0v) is 14.5. The van der Waals surface area contributed by atoms with Crippen molar-refractivity contribution in [2.45, 2.75) is 44.0 Å². The van der Waals surface area contributed by atoms with Gasteiger partial charge in [0.1, 0.15) is 0 Å². The van der Waals surface area contributed by atoms with Gasteiger partial charge in [-0.15, -0.1) is 11.8 Å². The Labute approximate surface area is 133 Å². The van der Waals surface area contributed by atoms with E-state index in [-0.39, 0.29) is 6.04 Å². The molecule has 0 amide bonds. The molecule has 0 spiro atoms. The van der Waals surface area contributed by atoms with E-state index in [1.165, 1.54) is 16.2 Å². The van der Waals surface area contributed by atoms with Gasteiger partial charge in [0.15, 0.2) is 0 Å². The number of aryl methyl sites for hydroxylation is 2. The highest BCUT2D eigenvalue weighted by atomic mass is 79.9. The number of rotatable bonds is 5. The minimum Gasteiger partial charge on any atom is -0.324 e. The van der Waals surface area contributed by atoms with Gasteiger partial charge in [-0.2, -0.15) is 5.10 Å².